The third-order valence-electron chi connectivity index (χ3n) is 10.0. The van der Waals surface area contributed by atoms with E-state index in [0.29, 0.717) is 44.5 Å². The number of carbonyl (C=O) groups is 4. The van der Waals surface area contributed by atoms with Crippen molar-refractivity contribution in [2.75, 3.05) is 60.2 Å². The van der Waals surface area contributed by atoms with Crippen molar-refractivity contribution in [3.8, 4) is 11.5 Å². The number of hydrogen-bond donors (Lipinski definition) is 6. The zero-order chi connectivity index (χ0) is 32.9. The maximum Gasteiger partial charge on any atom is 0.246 e. The van der Waals surface area contributed by atoms with Gasteiger partial charge in [0.05, 0.1) is 17.1 Å². The van der Waals surface area contributed by atoms with Crippen molar-refractivity contribution in [2.24, 2.45) is 0 Å². The van der Waals surface area contributed by atoms with Gasteiger partial charge in [0, 0.05) is 31.7 Å². The molecule has 1 aromatic rings. The summed E-state index contributed by atoms with van der Waals surface area (Å²) < 4.78 is 16.8. The average molecular weight is 646 g/mol. The number of nitrogens with one attached hydrogen (secondary N) is 4. The number of likely N-dealkylation sites (tertiary alicyclic amines) is 1. The van der Waals surface area contributed by atoms with Gasteiger partial charge in [0.2, 0.25) is 23.6 Å². The molecule has 1 saturated carbocycles. The van der Waals surface area contributed by atoms with E-state index in [0.717, 1.165) is 43.4 Å². The number of amides is 4. The summed E-state index contributed by atoms with van der Waals surface area (Å²) in [6.07, 6.45) is 5.12. The first-order valence-electron chi connectivity index (χ1n) is 16.2. The van der Waals surface area contributed by atoms with E-state index in [1.807, 2.05) is 13.1 Å². The lowest BCUT2D eigenvalue weighted by Gasteiger charge is -2.63. The number of piperidine rings is 1. The molecule has 14 heteroatoms. The maximum atomic E-state index is 12.9. The lowest BCUT2D eigenvalue weighted by Crippen LogP contribution is -2.77. The van der Waals surface area contributed by atoms with Gasteiger partial charge in [-0.2, -0.15) is 0 Å². The van der Waals surface area contributed by atoms with Crippen molar-refractivity contribution < 1.29 is 43.6 Å². The van der Waals surface area contributed by atoms with Crippen LogP contribution in [0.2, 0.25) is 0 Å². The summed E-state index contributed by atoms with van der Waals surface area (Å²) in [4.78, 5) is 50.1. The molecule has 2 aliphatic carbocycles. The molecular weight excluding hydrogens is 598 g/mol. The van der Waals surface area contributed by atoms with Crippen molar-refractivity contribution >= 4 is 23.6 Å². The quantitative estimate of drug-likeness (QED) is 0.125. The summed E-state index contributed by atoms with van der Waals surface area (Å²) in [6, 6.07) is 3.11. The van der Waals surface area contributed by atoms with E-state index in [2.05, 4.69) is 26.2 Å². The number of aliphatic hydroxyl groups is 1. The van der Waals surface area contributed by atoms with Gasteiger partial charge in [0.15, 0.2) is 11.5 Å². The molecule has 5 atom stereocenters. The van der Waals surface area contributed by atoms with Crippen LogP contribution in [0.25, 0.3) is 0 Å². The van der Waals surface area contributed by atoms with Crippen molar-refractivity contribution in [1.29, 1.82) is 0 Å². The Hall–Kier alpha value is -3.46. The Morgan fingerprint density at radius 1 is 0.935 bits per heavy atom. The summed E-state index contributed by atoms with van der Waals surface area (Å²) >= 11 is 0. The lowest BCUT2D eigenvalue weighted by molar-refractivity contribution is -0.187. The zero-order valence-electron chi connectivity index (χ0n) is 26.7. The lowest BCUT2D eigenvalue weighted by atomic mass is 9.48. The number of hydrogen-bond acceptors (Lipinski definition) is 10. The van der Waals surface area contributed by atoms with Crippen molar-refractivity contribution in [1.82, 2.24) is 26.2 Å². The Morgan fingerprint density at radius 2 is 1.57 bits per heavy atom. The number of rotatable bonds is 16. The van der Waals surface area contributed by atoms with Crippen LogP contribution in [0.15, 0.2) is 12.1 Å². The Kier molecular flexibility index (Phi) is 10.7. The van der Waals surface area contributed by atoms with Crippen LogP contribution in [-0.4, -0.2) is 123 Å². The summed E-state index contributed by atoms with van der Waals surface area (Å²) in [5, 5.41) is 33.9. The highest BCUT2D eigenvalue weighted by Gasteiger charge is 2.72. The first-order valence-corrected chi connectivity index (χ1v) is 16.2. The van der Waals surface area contributed by atoms with Gasteiger partial charge >= 0.3 is 0 Å². The van der Waals surface area contributed by atoms with Gasteiger partial charge in [0.25, 0.3) is 0 Å². The number of carbonyl (C=O) groups excluding carboxylic acids is 4. The minimum absolute atomic E-state index is 0.0490. The smallest absolute Gasteiger partial charge is 0.246 e. The summed E-state index contributed by atoms with van der Waals surface area (Å²) in [5.74, 6) is -0.766. The van der Waals surface area contributed by atoms with E-state index < -0.39 is 17.1 Å². The topological polar surface area (TPSA) is 188 Å². The molecule has 0 aromatic heterocycles. The largest absolute Gasteiger partial charge is 0.504 e. The van der Waals surface area contributed by atoms with Crippen LogP contribution in [0.5, 0.6) is 11.5 Å². The van der Waals surface area contributed by atoms with E-state index in [1.54, 1.807) is 6.07 Å². The molecule has 0 radical (unpaired) electrons. The van der Waals surface area contributed by atoms with E-state index >= 15 is 0 Å². The molecule has 2 bridgehead atoms. The highest BCUT2D eigenvalue weighted by molar-refractivity contribution is 5.80. The van der Waals surface area contributed by atoms with Crippen LogP contribution in [0.3, 0.4) is 0 Å². The van der Waals surface area contributed by atoms with Gasteiger partial charge < -0.3 is 50.6 Å². The molecule has 5 rings (SSSR count). The van der Waals surface area contributed by atoms with Gasteiger partial charge in [-0.3, -0.25) is 19.2 Å². The number of likely N-dealkylation sites (N-methyl/N-ethyl adjacent to an activating group) is 2. The monoisotopic (exact) mass is 645 g/mol. The van der Waals surface area contributed by atoms with Gasteiger partial charge in [-0.05, 0) is 63.7 Å². The Balaban J connectivity index is 0.985. The van der Waals surface area contributed by atoms with Crippen LogP contribution < -0.4 is 26.0 Å². The first kappa shape index (κ1) is 33.9. The number of nitrogens with zero attached hydrogens (tertiary/aromatic N) is 1. The molecule has 46 heavy (non-hydrogen) atoms. The minimum atomic E-state index is -1.03. The SMILES string of the molecule is CNC(=O)COCC(=O)NCCCCCCNC(=O)COCC(=O)N[C@H]1CCC2(O)[C@H]3Cc4ccc(O)c5c4[C@@]2(CCN3C)[C@@H]1O5. The highest BCUT2D eigenvalue weighted by atomic mass is 16.5. The first-order chi connectivity index (χ1) is 22.1. The second-order valence-electron chi connectivity index (χ2n) is 12.8. The molecule has 1 aromatic carbocycles. The van der Waals surface area contributed by atoms with Crippen molar-refractivity contribution in [3.63, 3.8) is 0 Å². The van der Waals surface area contributed by atoms with Gasteiger partial charge in [-0.25, -0.2) is 0 Å². The molecule has 1 saturated heterocycles. The molecule has 2 aliphatic heterocycles. The minimum Gasteiger partial charge on any atom is -0.504 e. The number of aromatic hydroxyl groups is 1. The van der Waals surface area contributed by atoms with Crippen LogP contribution in [-0.2, 0) is 40.5 Å². The predicted octanol–water partition coefficient (Wildman–Crippen LogP) is -0.767. The standard InChI is InChI=1S/C32H47N5O9/c1-33-24(39)16-44-17-25(40)34-12-5-3-4-6-13-35-26(41)18-45-19-27(42)36-21-9-10-32(43)23-15-20-7-8-22(38)29-28(20)31(32,30(21)46-29)11-14-37(23)2/h7-8,21,23,30,38,43H,3-6,9-19H2,1-2H3,(H,33,39)(H,34,40)(H,35,41)(H,36,42)/t21-,23+,30+,31-,32?/m0/s1. The number of phenols is 1. The molecule has 6 N–H and O–H groups in total. The Bertz CT molecular complexity index is 1310. The van der Waals surface area contributed by atoms with E-state index in [-0.39, 0.29) is 67.9 Å². The Morgan fingerprint density at radius 3 is 2.22 bits per heavy atom. The number of ether oxygens (including phenoxy) is 3. The van der Waals surface area contributed by atoms with E-state index in [1.165, 1.54) is 7.05 Å². The van der Waals surface area contributed by atoms with Crippen molar-refractivity contribution in [3.05, 3.63) is 23.3 Å². The third kappa shape index (κ3) is 6.66. The van der Waals surface area contributed by atoms with Crippen LogP contribution in [0.4, 0.5) is 0 Å². The molecule has 2 fully saturated rings. The normalized spacial score (nSPS) is 27.2. The van der Waals surface area contributed by atoms with Crippen LogP contribution >= 0.6 is 0 Å². The molecule has 2 heterocycles. The summed E-state index contributed by atoms with van der Waals surface area (Å²) in [7, 11) is 3.53. The Labute approximate surface area is 268 Å². The third-order valence-corrected chi connectivity index (χ3v) is 10.0. The van der Waals surface area contributed by atoms with Gasteiger partial charge in [0.1, 0.15) is 32.5 Å². The average Bonchev–Trinajstić information content (AvgIpc) is 3.39. The summed E-state index contributed by atoms with van der Waals surface area (Å²) in [5.41, 5.74) is 0.210. The summed E-state index contributed by atoms with van der Waals surface area (Å²) in [6.45, 7) is 0.913. The number of benzene rings is 1. The predicted molar refractivity (Wildman–Crippen MR) is 165 cm³/mol. The fraction of sp³-hybridized carbons (Fsp3) is 0.688. The molecule has 4 amide bonds. The number of phenolic OH excluding ortho intramolecular Hbond substituents is 1. The fourth-order valence-electron chi connectivity index (χ4n) is 7.86. The van der Waals surface area contributed by atoms with Crippen molar-refractivity contribution in [2.45, 2.75) is 80.6 Å². The molecule has 14 nitrogen and oxygen atoms in total. The van der Waals surface area contributed by atoms with Gasteiger partial charge in [-0.15, -0.1) is 0 Å². The maximum absolute atomic E-state index is 12.9. The number of unbranched alkanes of at least 4 members (excludes halogenated alkanes) is 3. The zero-order valence-corrected chi connectivity index (χ0v) is 26.7. The second kappa shape index (κ2) is 14.5. The molecule has 1 unspecified atom stereocenters. The van der Waals surface area contributed by atoms with Crippen LogP contribution in [0.1, 0.15) is 56.1 Å². The molecule has 254 valence electrons. The van der Waals surface area contributed by atoms with Gasteiger partial charge in [-0.1, -0.05) is 18.9 Å². The van der Waals surface area contributed by atoms with E-state index in [4.69, 9.17) is 14.2 Å². The molecular formula is C32H47N5O9. The highest BCUT2D eigenvalue weighted by Crippen LogP contribution is 2.65. The fourth-order valence-corrected chi connectivity index (χ4v) is 7.86. The van der Waals surface area contributed by atoms with E-state index in [9.17, 15) is 29.4 Å². The molecule has 4 aliphatic rings. The second-order valence-corrected chi connectivity index (χ2v) is 12.8. The van der Waals surface area contributed by atoms with Crippen LogP contribution in [0, 0.1) is 0 Å². The molecule has 1 spiro atoms.